The monoisotopic (exact) mass is 342 g/mol. The first kappa shape index (κ1) is 18.8. The Morgan fingerprint density at radius 2 is 1.72 bits per heavy atom. The highest BCUT2D eigenvalue weighted by Gasteiger charge is 2.17. The number of nitrogens with two attached hydrogens (primary N) is 1. The number of hydrogen-bond acceptors (Lipinski definition) is 4. The molecule has 2 rings (SSSR count). The summed E-state index contributed by atoms with van der Waals surface area (Å²) < 4.78 is 10.7. The fourth-order valence-electron chi connectivity index (χ4n) is 2.70. The molecule has 5 nitrogen and oxygen atoms in total. The minimum atomic E-state index is -0.303. The number of methoxy groups -OCH3 is 2. The molecule has 0 fully saturated rings. The smallest absolute Gasteiger partial charge is 0.224 e. The molecule has 5 heteroatoms. The topological polar surface area (TPSA) is 64.8 Å². The van der Waals surface area contributed by atoms with Gasteiger partial charge in [0.15, 0.2) is 11.5 Å². The van der Waals surface area contributed by atoms with Gasteiger partial charge in [-0.2, -0.15) is 0 Å². The van der Waals surface area contributed by atoms with E-state index in [4.69, 9.17) is 15.2 Å². The first-order valence-corrected chi connectivity index (χ1v) is 8.22. The molecular weight excluding hydrogens is 316 g/mol. The number of aryl methyl sites for hydroxylation is 1. The summed E-state index contributed by atoms with van der Waals surface area (Å²) in [6.45, 7) is 2.48. The molecule has 134 valence electrons. The molecule has 0 aromatic heterocycles. The summed E-state index contributed by atoms with van der Waals surface area (Å²) in [5.74, 6) is 1.35. The molecule has 25 heavy (non-hydrogen) atoms. The number of carbonyl (C=O) groups is 1. The van der Waals surface area contributed by atoms with Crippen molar-refractivity contribution in [2.75, 3.05) is 21.3 Å². The molecular formula is C20H26N2O3. The fourth-order valence-corrected chi connectivity index (χ4v) is 2.70. The minimum absolute atomic E-state index is 0.00513. The van der Waals surface area contributed by atoms with E-state index >= 15 is 0 Å². The molecule has 0 aliphatic carbocycles. The van der Waals surface area contributed by atoms with Crippen LogP contribution in [0, 0.1) is 6.92 Å². The molecule has 2 aromatic carbocycles. The quantitative estimate of drug-likeness (QED) is 0.840. The van der Waals surface area contributed by atoms with Gasteiger partial charge in [-0.05, 0) is 35.7 Å². The summed E-state index contributed by atoms with van der Waals surface area (Å²) >= 11 is 0. The van der Waals surface area contributed by atoms with Gasteiger partial charge in [-0.3, -0.25) is 4.79 Å². The predicted molar refractivity (Wildman–Crippen MR) is 98.7 cm³/mol. The summed E-state index contributed by atoms with van der Waals surface area (Å²) in [5.41, 5.74) is 9.18. The van der Waals surface area contributed by atoms with E-state index < -0.39 is 0 Å². The van der Waals surface area contributed by atoms with Crippen molar-refractivity contribution >= 4 is 5.91 Å². The van der Waals surface area contributed by atoms with E-state index in [1.165, 1.54) is 0 Å². The fraction of sp³-hybridized carbons (Fsp3) is 0.350. The Kier molecular flexibility index (Phi) is 6.42. The molecule has 0 aliphatic rings. The molecule has 0 heterocycles. The predicted octanol–water partition coefficient (Wildman–Crippen LogP) is 3.06. The Hall–Kier alpha value is -2.53. The first-order valence-electron chi connectivity index (χ1n) is 8.22. The maximum Gasteiger partial charge on any atom is 0.224 e. The van der Waals surface area contributed by atoms with Crippen LogP contribution in [0.2, 0.25) is 0 Å². The highest BCUT2D eigenvalue weighted by atomic mass is 16.5. The van der Waals surface area contributed by atoms with E-state index in [1.807, 2.05) is 49.4 Å². The van der Waals surface area contributed by atoms with Gasteiger partial charge in [-0.25, -0.2) is 0 Å². The summed E-state index contributed by atoms with van der Waals surface area (Å²) in [4.78, 5) is 14.2. The van der Waals surface area contributed by atoms with Crippen molar-refractivity contribution < 1.29 is 14.3 Å². The normalized spacial score (nSPS) is 11.7. The van der Waals surface area contributed by atoms with Crippen LogP contribution in [0.1, 0.15) is 29.2 Å². The number of nitrogens with zero attached hydrogens (tertiary/aromatic N) is 1. The largest absolute Gasteiger partial charge is 0.493 e. The van der Waals surface area contributed by atoms with Crippen LogP contribution in [0.15, 0.2) is 42.5 Å². The van der Waals surface area contributed by atoms with Gasteiger partial charge in [-0.15, -0.1) is 0 Å². The van der Waals surface area contributed by atoms with Crippen molar-refractivity contribution in [3.63, 3.8) is 0 Å². The number of amides is 1. The van der Waals surface area contributed by atoms with Crippen LogP contribution in [0.25, 0.3) is 0 Å². The zero-order chi connectivity index (χ0) is 18.4. The molecule has 0 radical (unpaired) electrons. The highest BCUT2D eigenvalue weighted by Crippen LogP contribution is 2.30. The Morgan fingerprint density at radius 1 is 1.12 bits per heavy atom. The zero-order valence-corrected chi connectivity index (χ0v) is 15.3. The average Bonchev–Trinajstić information content (AvgIpc) is 2.63. The lowest BCUT2D eigenvalue weighted by molar-refractivity contribution is -0.130. The Labute approximate surface area is 149 Å². The van der Waals surface area contributed by atoms with Crippen molar-refractivity contribution in [1.82, 2.24) is 4.90 Å². The standard InChI is InChI=1S/C20H26N2O3/c1-14-10-18(24-3)19(25-4)11-16(14)13-22(2)20(23)12-17(21)15-8-6-5-7-9-15/h5-11,17H,12-13,21H2,1-4H3. The van der Waals surface area contributed by atoms with Crippen LogP contribution in [0.4, 0.5) is 0 Å². The lowest BCUT2D eigenvalue weighted by Gasteiger charge is -2.22. The zero-order valence-electron chi connectivity index (χ0n) is 15.3. The lowest BCUT2D eigenvalue weighted by Crippen LogP contribution is -2.29. The number of carbonyl (C=O) groups excluding carboxylic acids is 1. The Balaban J connectivity index is 2.06. The third kappa shape index (κ3) is 4.73. The number of benzene rings is 2. The van der Waals surface area contributed by atoms with Crippen LogP contribution in [-0.2, 0) is 11.3 Å². The van der Waals surface area contributed by atoms with Gasteiger partial charge in [0.25, 0.3) is 0 Å². The molecule has 0 spiro atoms. The van der Waals surface area contributed by atoms with Crippen molar-refractivity contribution in [2.45, 2.75) is 25.9 Å². The molecule has 0 aliphatic heterocycles. The van der Waals surface area contributed by atoms with Crippen LogP contribution in [-0.4, -0.2) is 32.1 Å². The molecule has 2 N–H and O–H groups in total. The summed E-state index contributed by atoms with van der Waals surface area (Å²) in [6.07, 6.45) is 0.271. The summed E-state index contributed by atoms with van der Waals surface area (Å²) in [7, 11) is 5.00. The third-order valence-corrected chi connectivity index (χ3v) is 4.30. The third-order valence-electron chi connectivity index (χ3n) is 4.30. The van der Waals surface area contributed by atoms with Crippen molar-refractivity contribution in [3.05, 3.63) is 59.2 Å². The van der Waals surface area contributed by atoms with Gasteiger partial charge in [0, 0.05) is 26.1 Å². The highest BCUT2D eigenvalue weighted by molar-refractivity contribution is 5.76. The summed E-state index contributed by atoms with van der Waals surface area (Å²) in [5, 5.41) is 0. The number of ether oxygens (including phenoxy) is 2. The average molecular weight is 342 g/mol. The van der Waals surface area contributed by atoms with Crippen molar-refractivity contribution in [2.24, 2.45) is 5.73 Å². The second kappa shape index (κ2) is 8.53. The maximum absolute atomic E-state index is 12.5. The van der Waals surface area contributed by atoms with E-state index in [2.05, 4.69) is 0 Å². The van der Waals surface area contributed by atoms with Gasteiger partial charge < -0.3 is 20.1 Å². The molecule has 1 amide bonds. The van der Waals surface area contributed by atoms with E-state index in [9.17, 15) is 4.79 Å². The maximum atomic E-state index is 12.5. The van der Waals surface area contributed by atoms with Crippen LogP contribution >= 0.6 is 0 Å². The molecule has 0 bridgehead atoms. The molecule has 0 saturated heterocycles. The van der Waals surface area contributed by atoms with Crippen molar-refractivity contribution in [1.29, 1.82) is 0 Å². The first-order chi connectivity index (χ1) is 12.0. The van der Waals surface area contributed by atoms with Gasteiger partial charge in [0.05, 0.1) is 14.2 Å². The van der Waals surface area contributed by atoms with Crippen LogP contribution in [0.5, 0.6) is 11.5 Å². The van der Waals surface area contributed by atoms with Gasteiger partial charge in [-0.1, -0.05) is 30.3 Å². The summed E-state index contributed by atoms with van der Waals surface area (Å²) in [6, 6.07) is 13.2. The minimum Gasteiger partial charge on any atom is -0.493 e. The Morgan fingerprint density at radius 3 is 2.32 bits per heavy atom. The van der Waals surface area contributed by atoms with E-state index in [0.717, 1.165) is 16.7 Å². The lowest BCUT2D eigenvalue weighted by atomic mass is 10.0. The molecule has 1 atom stereocenters. The Bertz CT molecular complexity index is 716. The van der Waals surface area contributed by atoms with E-state index in [1.54, 1.807) is 26.2 Å². The second-order valence-corrected chi connectivity index (χ2v) is 6.10. The SMILES string of the molecule is COc1cc(C)c(CN(C)C(=O)CC(N)c2ccccc2)cc1OC. The number of hydrogen-bond donors (Lipinski definition) is 1. The number of rotatable bonds is 7. The van der Waals surface area contributed by atoms with Crippen LogP contribution in [0.3, 0.4) is 0 Å². The van der Waals surface area contributed by atoms with E-state index in [-0.39, 0.29) is 18.4 Å². The van der Waals surface area contributed by atoms with E-state index in [0.29, 0.717) is 18.0 Å². The van der Waals surface area contributed by atoms with Gasteiger partial charge in [0.2, 0.25) is 5.91 Å². The molecule has 2 aromatic rings. The van der Waals surface area contributed by atoms with Gasteiger partial charge in [0.1, 0.15) is 0 Å². The molecule has 0 saturated carbocycles. The molecule has 1 unspecified atom stereocenters. The van der Waals surface area contributed by atoms with Crippen LogP contribution < -0.4 is 15.2 Å². The second-order valence-electron chi connectivity index (χ2n) is 6.10. The van der Waals surface area contributed by atoms with Gasteiger partial charge >= 0.3 is 0 Å². The van der Waals surface area contributed by atoms with Crippen molar-refractivity contribution in [3.8, 4) is 11.5 Å².